The molecule has 1 unspecified atom stereocenters. The lowest BCUT2D eigenvalue weighted by molar-refractivity contribution is -0.151. The maximum Gasteiger partial charge on any atom is 0.0886 e. The Morgan fingerprint density at radius 2 is 1.71 bits per heavy atom. The van der Waals surface area contributed by atoms with Gasteiger partial charge in [0, 0.05) is 32.7 Å². The van der Waals surface area contributed by atoms with Crippen LogP contribution in [-0.2, 0) is 4.74 Å². The molecule has 5 nitrogen and oxygen atoms in total. The highest BCUT2D eigenvalue weighted by atomic mass is 16.5. The SMILES string of the molecule is C1CCN(C2CNCCN2N2CCOCC2)C1. The third-order valence-corrected chi connectivity index (χ3v) is 4.10. The van der Waals surface area contributed by atoms with Gasteiger partial charge in [-0.2, -0.15) is 0 Å². The van der Waals surface area contributed by atoms with Gasteiger partial charge in [-0.15, -0.1) is 0 Å². The fraction of sp³-hybridized carbons (Fsp3) is 1.00. The van der Waals surface area contributed by atoms with E-state index in [9.17, 15) is 0 Å². The Bertz CT molecular complexity index is 239. The molecule has 0 aliphatic carbocycles. The molecule has 5 heteroatoms. The van der Waals surface area contributed by atoms with Crippen LogP contribution in [0.4, 0.5) is 0 Å². The molecule has 3 saturated heterocycles. The predicted molar refractivity (Wildman–Crippen MR) is 66.6 cm³/mol. The van der Waals surface area contributed by atoms with Gasteiger partial charge in [0.2, 0.25) is 0 Å². The molecule has 3 rings (SSSR count). The second-order valence-electron chi connectivity index (χ2n) is 5.16. The third kappa shape index (κ3) is 2.63. The van der Waals surface area contributed by atoms with Crippen molar-refractivity contribution in [2.24, 2.45) is 0 Å². The summed E-state index contributed by atoms with van der Waals surface area (Å²) in [4.78, 5) is 2.64. The molecule has 0 aromatic rings. The standard InChI is InChI=1S/C12H24N4O/c1-2-5-14(4-1)12-11-13-3-6-16(12)15-7-9-17-10-8-15/h12-13H,1-11H2. The zero-order valence-electron chi connectivity index (χ0n) is 10.6. The Morgan fingerprint density at radius 3 is 2.47 bits per heavy atom. The van der Waals surface area contributed by atoms with Gasteiger partial charge in [0.05, 0.1) is 19.4 Å². The average molecular weight is 240 g/mol. The van der Waals surface area contributed by atoms with E-state index < -0.39 is 0 Å². The van der Waals surface area contributed by atoms with Crippen molar-refractivity contribution >= 4 is 0 Å². The normalized spacial score (nSPS) is 34.2. The molecule has 0 aromatic heterocycles. The number of likely N-dealkylation sites (tertiary alicyclic amines) is 1. The molecule has 98 valence electrons. The van der Waals surface area contributed by atoms with Gasteiger partial charge in [0.15, 0.2) is 0 Å². The molecule has 17 heavy (non-hydrogen) atoms. The van der Waals surface area contributed by atoms with Crippen molar-refractivity contribution in [3.8, 4) is 0 Å². The molecular formula is C12H24N4O. The average Bonchev–Trinajstić information content (AvgIpc) is 2.94. The van der Waals surface area contributed by atoms with Crippen molar-refractivity contribution in [3.63, 3.8) is 0 Å². The van der Waals surface area contributed by atoms with E-state index in [1.807, 2.05) is 0 Å². The second kappa shape index (κ2) is 5.63. The van der Waals surface area contributed by atoms with Crippen LogP contribution < -0.4 is 5.32 Å². The van der Waals surface area contributed by atoms with Crippen LogP contribution in [0.25, 0.3) is 0 Å². The Balaban J connectivity index is 1.65. The van der Waals surface area contributed by atoms with Crippen molar-refractivity contribution in [2.45, 2.75) is 19.0 Å². The van der Waals surface area contributed by atoms with Gasteiger partial charge in [0.25, 0.3) is 0 Å². The topological polar surface area (TPSA) is 31.0 Å². The maximum absolute atomic E-state index is 5.45. The highest BCUT2D eigenvalue weighted by Crippen LogP contribution is 2.18. The molecule has 0 aromatic carbocycles. The largest absolute Gasteiger partial charge is 0.379 e. The number of nitrogens with one attached hydrogen (secondary N) is 1. The number of morpholine rings is 1. The summed E-state index contributed by atoms with van der Waals surface area (Å²) in [5.41, 5.74) is 0. The molecule has 3 heterocycles. The molecule has 0 amide bonds. The molecule has 0 saturated carbocycles. The quantitative estimate of drug-likeness (QED) is 0.707. The van der Waals surface area contributed by atoms with E-state index in [1.54, 1.807) is 0 Å². The summed E-state index contributed by atoms with van der Waals surface area (Å²) < 4.78 is 5.45. The van der Waals surface area contributed by atoms with Crippen LogP contribution in [0.3, 0.4) is 0 Å². The summed E-state index contributed by atoms with van der Waals surface area (Å²) in [5, 5.41) is 8.63. The van der Waals surface area contributed by atoms with Gasteiger partial charge in [-0.05, 0) is 25.9 Å². The van der Waals surface area contributed by atoms with E-state index in [-0.39, 0.29) is 0 Å². The third-order valence-electron chi connectivity index (χ3n) is 4.10. The molecule has 3 aliphatic rings. The lowest BCUT2D eigenvalue weighted by Crippen LogP contribution is -2.65. The summed E-state index contributed by atoms with van der Waals surface area (Å²) in [6.07, 6.45) is 3.31. The Labute approximate surface area is 104 Å². The van der Waals surface area contributed by atoms with Crippen molar-refractivity contribution in [3.05, 3.63) is 0 Å². The fourth-order valence-electron chi connectivity index (χ4n) is 3.18. The van der Waals surface area contributed by atoms with Gasteiger partial charge in [-0.25, -0.2) is 10.0 Å². The lowest BCUT2D eigenvalue weighted by atomic mass is 10.3. The van der Waals surface area contributed by atoms with E-state index in [4.69, 9.17) is 4.74 Å². The van der Waals surface area contributed by atoms with Gasteiger partial charge >= 0.3 is 0 Å². The first-order valence-electron chi connectivity index (χ1n) is 6.99. The van der Waals surface area contributed by atoms with Crippen molar-refractivity contribution in [1.82, 2.24) is 20.2 Å². The number of hydrogen-bond donors (Lipinski definition) is 1. The summed E-state index contributed by atoms with van der Waals surface area (Å²) in [7, 11) is 0. The summed E-state index contributed by atoms with van der Waals surface area (Å²) in [5.74, 6) is 0. The highest BCUT2D eigenvalue weighted by molar-refractivity contribution is 4.82. The van der Waals surface area contributed by atoms with Crippen LogP contribution in [-0.4, -0.2) is 80.1 Å². The van der Waals surface area contributed by atoms with E-state index in [0.29, 0.717) is 6.17 Å². The first-order chi connectivity index (χ1) is 8.45. The summed E-state index contributed by atoms with van der Waals surface area (Å²) in [6, 6.07) is 0. The number of hydrazine groups is 1. The van der Waals surface area contributed by atoms with E-state index in [2.05, 4.69) is 20.2 Å². The van der Waals surface area contributed by atoms with E-state index in [0.717, 1.165) is 45.9 Å². The number of rotatable bonds is 2. The van der Waals surface area contributed by atoms with Gasteiger partial charge in [0.1, 0.15) is 0 Å². The van der Waals surface area contributed by atoms with Crippen LogP contribution in [0.2, 0.25) is 0 Å². The van der Waals surface area contributed by atoms with Crippen LogP contribution in [0, 0.1) is 0 Å². The highest BCUT2D eigenvalue weighted by Gasteiger charge is 2.33. The zero-order chi connectivity index (χ0) is 11.5. The minimum Gasteiger partial charge on any atom is -0.379 e. The van der Waals surface area contributed by atoms with Crippen LogP contribution >= 0.6 is 0 Å². The molecular weight excluding hydrogens is 216 g/mol. The molecule has 1 N–H and O–H groups in total. The van der Waals surface area contributed by atoms with Crippen molar-refractivity contribution in [2.75, 3.05) is 59.0 Å². The van der Waals surface area contributed by atoms with Crippen molar-refractivity contribution < 1.29 is 4.74 Å². The summed E-state index contributed by atoms with van der Waals surface area (Å²) in [6.45, 7) is 9.79. The maximum atomic E-state index is 5.45. The molecule has 0 spiro atoms. The Morgan fingerprint density at radius 1 is 0.941 bits per heavy atom. The minimum atomic E-state index is 0.573. The molecule has 3 aliphatic heterocycles. The fourth-order valence-corrected chi connectivity index (χ4v) is 3.18. The number of ether oxygens (including phenoxy) is 1. The first-order valence-corrected chi connectivity index (χ1v) is 6.99. The first kappa shape index (κ1) is 11.9. The van der Waals surface area contributed by atoms with Gasteiger partial charge in [-0.3, -0.25) is 4.90 Å². The Kier molecular flexibility index (Phi) is 3.93. The number of hydrogen-bond acceptors (Lipinski definition) is 5. The monoisotopic (exact) mass is 240 g/mol. The summed E-state index contributed by atoms with van der Waals surface area (Å²) >= 11 is 0. The molecule has 1 atom stereocenters. The molecule has 0 bridgehead atoms. The van der Waals surface area contributed by atoms with Gasteiger partial charge < -0.3 is 10.1 Å². The molecule has 3 fully saturated rings. The van der Waals surface area contributed by atoms with E-state index >= 15 is 0 Å². The van der Waals surface area contributed by atoms with Crippen molar-refractivity contribution in [1.29, 1.82) is 0 Å². The smallest absolute Gasteiger partial charge is 0.0886 e. The van der Waals surface area contributed by atoms with E-state index in [1.165, 1.54) is 25.9 Å². The number of nitrogens with zero attached hydrogens (tertiary/aromatic N) is 3. The van der Waals surface area contributed by atoms with Crippen LogP contribution in [0.1, 0.15) is 12.8 Å². The van der Waals surface area contributed by atoms with Crippen LogP contribution in [0.5, 0.6) is 0 Å². The van der Waals surface area contributed by atoms with Crippen LogP contribution in [0.15, 0.2) is 0 Å². The zero-order valence-corrected chi connectivity index (χ0v) is 10.6. The Hall–Kier alpha value is -0.200. The number of piperazine rings is 1. The predicted octanol–water partition coefficient (Wildman–Crippen LogP) is -0.439. The second-order valence-corrected chi connectivity index (χ2v) is 5.16. The van der Waals surface area contributed by atoms with Gasteiger partial charge in [-0.1, -0.05) is 0 Å². The lowest BCUT2D eigenvalue weighted by Gasteiger charge is -2.47. The minimum absolute atomic E-state index is 0.573. The molecule has 0 radical (unpaired) electrons.